The second kappa shape index (κ2) is 9.56. The number of guanidine groups is 1. The molecule has 128 valence electrons. The van der Waals surface area contributed by atoms with E-state index in [0.29, 0.717) is 5.92 Å². The first-order valence-electron chi connectivity index (χ1n) is 8.98. The van der Waals surface area contributed by atoms with Gasteiger partial charge in [0.25, 0.3) is 0 Å². The molecule has 1 saturated heterocycles. The van der Waals surface area contributed by atoms with Crippen molar-refractivity contribution in [3.05, 3.63) is 35.9 Å². The third kappa shape index (κ3) is 5.87. The third-order valence-corrected chi connectivity index (χ3v) is 4.37. The van der Waals surface area contributed by atoms with Crippen molar-refractivity contribution in [1.29, 1.82) is 0 Å². The van der Waals surface area contributed by atoms with E-state index in [1.165, 1.54) is 38.0 Å². The lowest BCUT2D eigenvalue weighted by Gasteiger charge is -2.22. The molecule has 0 aromatic heterocycles. The molecule has 1 aliphatic rings. The Balaban J connectivity index is 1.89. The van der Waals surface area contributed by atoms with Gasteiger partial charge in [0.15, 0.2) is 5.96 Å². The summed E-state index contributed by atoms with van der Waals surface area (Å²) < 4.78 is 0. The molecule has 1 aromatic carbocycles. The second-order valence-electron chi connectivity index (χ2n) is 6.49. The number of nitrogens with zero attached hydrogens (tertiary/aromatic N) is 3. The summed E-state index contributed by atoms with van der Waals surface area (Å²) in [7, 11) is 2.12. The summed E-state index contributed by atoms with van der Waals surface area (Å²) in [6.07, 6.45) is 2.53. The van der Waals surface area contributed by atoms with Gasteiger partial charge in [0.2, 0.25) is 0 Å². The first-order valence-corrected chi connectivity index (χ1v) is 8.98. The maximum Gasteiger partial charge on any atom is 0.193 e. The Labute approximate surface area is 141 Å². The molecule has 0 amide bonds. The van der Waals surface area contributed by atoms with E-state index in [9.17, 15) is 0 Å². The van der Waals surface area contributed by atoms with E-state index >= 15 is 0 Å². The molecule has 0 aliphatic carbocycles. The predicted molar refractivity (Wildman–Crippen MR) is 98.7 cm³/mol. The summed E-state index contributed by atoms with van der Waals surface area (Å²) in [5, 5.41) is 3.43. The average molecular weight is 316 g/mol. The Hall–Kier alpha value is -1.55. The van der Waals surface area contributed by atoms with Gasteiger partial charge in [0.1, 0.15) is 0 Å². The number of benzene rings is 1. The van der Waals surface area contributed by atoms with Crippen molar-refractivity contribution in [2.45, 2.75) is 33.2 Å². The van der Waals surface area contributed by atoms with Crippen molar-refractivity contribution in [1.82, 2.24) is 15.1 Å². The standard InChI is InChI=1S/C19H32N4/c1-4-12-23-13-11-18(16-23)14-21-19(20-5-2)22(3)15-17-9-7-6-8-10-17/h6-10,18H,4-5,11-16H2,1-3H3,(H,20,21). The number of aliphatic imine (C=N–C) groups is 1. The Morgan fingerprint density at radius 2 is 2.09 bits per heavy atom. The van der Waals surface area contributed by atoms with Gasteiger partial charge in [0, 0.05) is 33.2 Å². The molecule has 2 rings (SSSR count). The lowest BCUT2D eigenvalue weighted by Crippen LogP contribution is -2.39. The molecular weight excluding hydrogens is 284 g/mol. The van der Waals surface area contributed by atoms with Crippen LogP contribution in [0.25, 0.3) is 0 Å². The van der Waals surface area contributed by atoms with Crippen molar-refractivity contribution in [3.63, 3.8) is 0 Å². The summed E-state index contributed by atoms with van der Waals surface area (Å²) in [4.78, 5) is 9.68. The van der Waals surface area contributed by atoms with Crippen LogP contribution in [0.2, 0.25) is 0 Å². The SMILES string of the molecule is CCCN1CCC(CN=C(NCC)N(C)Cc2ccccc2)C1. The molecular formula is C19H32N4. The fraction of sp³-hybridized carbons (Fsp3) is 0.632. The summed E-state index contributed by atoms with van der Waals surface area (Å²) in [6.45, 7) is 10.8. The lowest BCUT2D eigenvalue weighted by molar-refractivity contribution is 0.326. The van der Waals surface area contributed by atoms with Gasteiger partial charge in [0.05, 0.1) is 0 Å². The lowest BCUT2D eigenvalue weighted by atomic mass is 10.1. The number of likely N-dealkylation sites (tertiary alicyclic amines) is 1. The molecule has 23 heavy (non-hydrogen) atoms. The Morgan fingerprint density at radius 1 is 1.30 bits per heavy atom. The number of hydrogen-bond donors (Lipinski definition) is 1. The fourth-order valence-electron chi connectivity index (χ4n) is 3.20. The van der Waals surface area contributed by atoms with E-state index in [-0.39, 0.29) is 0 Å². The van der Waals surface area contributed by atoms with E-state index in [4.69, 9.17) is 4.99 Å². The third-order valence-electron chi connectivity index (χ3n) is 4.37. The summed E-state index contributed by atoms with van der Waals surface area (Å²) in [5.41, 5.74) is 1.32. The van der Waals surface area contributed by atoms with Crippen molar-refractivity contribution in [2.24, 2.45) is 10.9 Å². The molecule has 1 atom stereocenters. The van der Waals surface area contributed by atoms with Crippen LogP contribution >= 0.6 is 0 Å². The Bertz CT molecular complexity index is 472. The topological polar surface area (TPSA) is 30.9 Å². The molecule has 0 bridgehead atoms. The van der Waals surface area contributed by atoms with E-state index in [1.54, 1.807) is 0 Å². The molecule has 1 N–H and O–H groups in total. The zero-order chi connectivity index (χ0) is 16.5. The van der Waals surface area contributed by atoms with Crippen LogP contribution < -0.4 is 5.32 Å². The van der Waals surface area contributed by atoms with Crippen molar-refractivity contribution < 1.29 is 0 Å². The molecule has 1 heterocycles. The van der Waals surface area contributed by atoms with E-state index in [2.05, 4.69) is 66.3 Å². The monoisotopic (exact) mass is 316 g/mol. The largest absolute Gasteiger partial charge is 0.357 e. The summed E-state index contributed by atoms with van der Waals surface area (Å²) in [6, 6.07) is 10.6. The highest BCUT2D eigenvalue weighted by atomic mass is 15.3. The van der Waals surface area contributed by atoms with E-state index in [0.717, 1.165) is 25.6 Å². The minimum atomic E-state index is 0.709. The van der Waals surface area contributed by atoms with Crippen molar-refractivity contribution >= 4 is 5.96 Å². The van der Waals surface area contributed by atoms with Crippen LogP contribution in [0.5, 0.6) is 0 Å². The molecule has 1 aromatic rings. The summed E-state index contributed by atoms with van der Waals surface area (Å²) >= 11 is 0. The zero-order valence-corrected chi connectivity index (χ0v) is 15.0. The molecule has 1 aliphatic heterocycles. The Kier molecular flexibility index (Phi) is 7.40. The van der Waals surface area contributed by atoms with Crippen LogP contribution in [0.1, 0.15) is 32.3 Å². The molecule has 0 saturated carbocycles. The maximum atomic E-state index is 4.89. The van der Waals surface area contributed by atoms with Crippen LogP contribution in [-0.2, 0) is 6.54 Å². The van der Waals surface area contributed by atoms with Gasteiger partial charge < -0.3 is 15.1 Å². The van der Waals surface area contributed by atoms with Crippen LogP contribution in [0.3, 0.4) is 0 Å². The van der Waals surface area contributed by atoms with Gasteiger partial charge in [-0.2, -0.15) is 0 Å². The van der Waals surface area contributed by atoms with Gasteiger partial charge in [-0.3, -0.25) is 4.99 Å². The van der Waals surface area contributed by atoms with Gasteiger partial charge in [-0.15, -0.1) is 0 Å². The number of hydrogen-bond acceptors (Lipinski definition) is 2. The van der Waals surface area contributed by atoms with Gasteiger partial charge >= 0.3 is 0 Å². The minimum Gasteiger partial charge on any atom is -0.357 e. The normalized spacial score (nSPS) is 19.1. The quantitative estimate of drug-likeness (QED) is 0.620. The van der Waals surface area contributed by atoms with Crippen LogP contribution in [0.4, 0.5) is 0 Å². The molecule has 4 heteroatoms. The highest BCUT2D eigenvalue weighted by molar-refractivity contribution is 5.79. The Morgan fingerprint density at radius 3 is 2.78 bits per heavy atom. The maximum absolute atomic E-state index is 4.89. The first kappa shape index (κ1) is 17.8. The number of nitrogens with one attached hydrogen (secondary N) is 1. The van der Waals surface area contributed by atoms with Gasteiger partial charge in [-0.1, -0.05) is 37.3 Å². The van der Waals surface area contributed by atoms with E-state index < -0.39 is 0 Å². The first-order chi connectivity index (χ1) is 11.2. The van der Waals surface area contributed by atoms with E-state index in [1.807, 2.05) is 0 Å². The fourth-order valence-corrected chi connectivity index (χ4v) is 3.20. The molecule has 0 spiro atoms. The van der Waals surface area contributed by atoms with Crippen molar-refractivity contribution in [3.8, 4) is 0 Å². The van der Waals surface area contributed by atoms with Crippen molar-refractivity contribution in [2.75, 3.05) is 39.8 Å². The van der Waals surface area contributed by atoms with Gasteiger partial charge in [-0.05, 0) is 44.3 Å². The average Bonchev–Trinajstić information content (AvgIpc) is 3.00. The number of rotatable bonds is 7. The van der Waals surface area contributed by atoms with Crippen LogP contribution in [0, 0.1) is 5.92 Å². The molecule has 1 fully saturated rings. The highest BCUT2D eigenvalue weighted by Gasteiger charge is 2.21. The van der Waals surface area contributed by atoms with Gasteiger partial charge in [-0.25, -0.2) is 0 Å². The second-order valence-corrected chi connectivity index (χ2v) is 6.49. The molecule has 0 radical (unpaired) electrons. The highest BCUT2D eigenvalue weighted by Crippen LogP contribution is 2.16. The zero-order valence-electron chi connectivity index (χ0n) is 15.0. The van der Waals surface area contributed by atoms with Crippen LogP contribution in [-0.4, -0.2) is 55.5 Å². The minimum absolute atomic E-state index is 0.709. The molecule has 1 unspecified atom stereocenters. The smallest absolute Gasteiger partial charge is 0.193 e. The van der Waals surface area contributed by atoms with Crippen LogP contribution in [0.15, 0.2) is 35.3 Å². The predicted octanol–water partition coefficient (Wildman–Crippen LogP) is 2.82. The molecule has 4 nitrogen and oxygen atoms in total. The summed E-state index contributed by atoms with van der Waals surface area (Å²) in [5.74, 6) is 1.73.